The van der Waals surface area contributed by atoms with Gasteiger partial charge in [0.05, 0.1) is 0 Å². The van der Waals surface area contributed by atoms with Gasteiger partial charge in [-0.15, -0.1) is 0 Å². The molecule has 0 bridgehead atoms. The monoisotopic (exact) mass is 969 g/mol. The van der Waals surface area contributed by atoms with Gasteiger partial charge in [-0.3, -0.25) is 0 Å². The Hall–Kier alpha value is -1.78. The first-order valence-corrected chi connectivity index (χ1v) is 26.3. The first kappa shape index (κ1) is 32.1. The zero-order valence-corrected chi connectivity index (χ0v) is 31.2. The van der Waals surface area contributed by atoms with E-state index in [1.807, 2.05) is 0 Å². The summed E-state index contributed by atoms with van der Waals surface area (Å²) in [5, 5.41) is 0. The molecule has 0 nitrogen and oxygen atoms in total. The van der Waals surface area contributed by atoms with Gasteiger partial charge in [0.1, 0.15) is 0 Å². The Morgan fingerprint density at radius 3 is 0.512 bits per heavy atom. The molecule has 0 amide bonds. The van der Waals surface area contributed by atoms with Crippen LogP contribution in [0.2, 0.25) is 0 Å². The van der Waals surface area contributed by atoms with E-state index < -0.39 is 56.9 Å². The van der Waals surface area contributed by atoms with Crippen LogP contribution in [0.5, 0.6) is 0 Å². The van der Waals surface area contributed by atoms with E-state index in [-0.39, 0.29) is 0 Å². The summed E-state index contributed by atoms with van der Waals surface area (Å²) in [6, 6.07) is 65.8. The van der Waals surface area contributed by atoms with Crippen molar-refractivity contribution in [2.24, 2.45) is 0 Å². The molecule has 0 aliphatic heterocycles. The minimum absolute atomic E-state index is 0.472. The van der Waals surface area contributed by atoms with Crippen molar-refractivity contribution in [3.05, 3.63) is 182 Å². The van der Waals surface area contributed by atoms with Gasteiger partial charge in [0.2, 0.25) is 0 Å². The van der Waals surface area contributed by atoms with Gasteiger partial charge in [-0.2, -0.15) is 0 Å². The molecule has 5 heteroatoms. The van der Waals surface area contributed by atoms with Gasteiger partial charge in [-0.05, 0) is 0 Å². The van der Waals surface area contributed by atoms with Crippen molar-refractivity contribution in [1.29, 1.82) is 0 Å². The summed E-state index contributed by atoms with van der Waals surface area (Å²) in [5.41, 5.74) is 0. The first-order chi connectivity index (χ1) is 20.3. The quantitative estimate of drug-likeness (QED) is 0.186. The maximum absolute atomic E-state index is 4.88. The van der Waals surface area contributed by atoms with Gasteiger partial charge in [-0.25, -0.2) is 0 Å². The first-order valence-electron chi connectivity index (χ1n) is 13.0. The predicted octanol–water partition coefficient (Wildman–Crippen LogP) is 5.78. The minimum atomic E-state index is -1.83. The van der Waals surface area contributed by atoms with E-state index in [1.165, 1.54) is 21.1 Å². The number of rotatable bonds is 6. The SMILES string of the molecule is [Cl][Pt][Cl].c1cc[c]([Sb]([c]2ccccc2)[c]2ccccc2)cc1.c1cc[c]([Sb]([c]2ccccc2)[c]2ccccc2)cc1. The zero-order chi connectivity index (χ0) is 28.5. The molecule has 41 heavy (non-hydrogen) atoms. The van der Waals surface area contributed by atoms with Crippen molar-refractivity contribution in [1.82, 2.24) is 0 Å². The summed E-state index contributed by atoms with van der Waals surface area (Å²) >= 11 is -4.12. The van der Waals surface area contributed by atoms with E-state index in [0.717, 1.165) is 0 Å². The molecule has 208 valence electrons. The Morgan fingerprint density at radius 1 is 0.268 bits per heavy atom. The standard InChI is InChI=1S/6C6H5.2ClH.Pt.2Sb/c6*1-2-4-6-5-3-1;;;;;/h6*1-5H;2*1H;;;/q;;;;;;;;+2;;/p-2. The molecule has 6 aromatic rings. The Morgan fingerprint density at radius 2 is 0.390 bits per heavy atom. The van der Waals surface area contributed by atoms with Crippen molar-refractivity contribution < 1.29 is 16.5 Å². The third kappa shape index (κ3) is 10.2. The van der Waals surface area contributed by atoms with E-state index in [0.29, 0.717) is 0 Å². The molecule has 0 aromatic heterocycles. The van der Waals surface area contributed by atoms with Gasteiger partial charge < -0.3 is 0 Å². The average molecular weight is 972 g/mol. The Balaban J connectivity index is 0.000000173. The normalized spacial score (nSPS) is 10.3. The van der Waals surface area contributed by atoms with Crippen molar-refractivity contribution in [2.75, 3.05) is 0 Å². The summed E-state index contributed by atoms with van der Waals surface area (Å²) in [6.45, 7) is 0. The van der Waals surface area contributed by atoms with Gasteiger partial charge in [0, 0.05) is 0 Å². The molecular formula is C36H30Cl2PtSb2. The van der Waals surface area contributed by atoms with Crippen LogP contribution in [-0.2, 0) is 16.5 Å². The second-order valence-corrected chi connectivity index (χ2v) is 24.7. The fraction of sp³-hybridized carbons (Fsp3) is 0. The number of halogens is 2. The van der Waals surface area contributed by atoms with E-state index in [4.69, 9.17) is 18.8 Å². The van der Waals surface area contributed by atoms with Gasteiger partial charge in [0.25, 0.3) is 0 Å². The fourth-order valence-corrected chi connectivity index (χ4v) is 17.5. The molecule has 0 aliphatic carbocycles. The van der Waals surface area contributed by atoms with Crippen molar-refractivity contribution in [2.45, 2.75) is 0 Å². The molecule has 6 aromatic carbocycles. The molecule has 0 heterocycles. The van der Waals surface area contributed by atoms with E-state index in [2.05, 4.69) is 182 Å². The Labute approximate surface area is 275 Å². The van der Waals surface area contributed by atoms with Gasteiger partial charge in [0.15, 0.2) is 0 Å². The van der Waals surface area contributed by atoms with Crippen LogP contribution in [0.4, 0.5) is 0 Å². The summed E-state index contributed by atoms with van der Waals surface area (Å²) in [5.74, 6) is 0. The van der Waals surface area contributed by atoms with Crippen molar-refractivity contribution in [3.8, 4) is 0 Å². The summed E-state index contributed by atoms with van der Waals surface area (Å²) in [7, 11) is 9.75. The van der Waals surface area contributed by atoms with Crippen molar-refractivity contribution in [3.63, 3.8) is 0 Å². The third-order valence-corrected chi connectivity index (χ3v) is 20.0. The molecule has 0 saturated heterocycles. The predicted molar refractivity (Wildman–Crippen MR) is 180 cm³/mol. The topological polar surface area (TPSA) is 0 Å². The number of benzene rings is 6. The Bertz CT molecular complexity index is 1200. The second kappa shape index (κ2) is 18.7. The van der Waals surface area contributed by atoms with Crippen LogP contribution in [0.1, 0.15) is 0 Å². The van der Waals surface area contributed by atoms with Crippen LogP contribution in [0, 0.1) is 0 Å². The summed E-state index contributed by atoms with van der Waals surface area (Å²) < 4.78 is 9.10. The number of hydrogen-bond donors (Lipinski definition) is 0. The summed E-state index contributed by atoms with van der Waals surface area (Å²) in [4.78, 5) is 0. The van der Waals surface area contributed by atoms with Crippen LogP contribution in [0.15, 0.2) is 182 Å². The average Bonchev–Trinajstić information content (AvgIpc) is 3.05. The molecule has 0 aliphatic rings. The molecule has 6 rings (SSSR count). The second-order valence-electron chi connectivity index (χ2n) is 8.73. The molecule has 0 spiro atoms. The van der Waals surface area contributed by atoms with Crippen LogP contribution in [0.3, 0.4) is 0 Å². The molecular weight excluding hydrogens is 942 g/mol. The zero-order valence-electron chi connectivity index (χ0n) is 22.3. The van der Waals surface area contributed by atoms with E-state index in [1.54, 1.807) is 0 Å². The fourth-order valence-electron chi connectivity index (χ4n) is 4.36. The molecule has 0 unspecified atom stereocenters. The van der Waals surface area contributed by atoms with Crippen molar-refractivity contribution >= 4 is 80.3 Å². The molecule has 0 fully saturated rings. The third-order valence-electron chi connectivity index (χ3n) is 6.09. The van der Waals surface area contributed by atoms with E-state index >= 15 is 0 Å². The molecule has 0 atom stereocenters. The molecule has 0 N–H and O–H groups in total. The maximum atomic E-state index is 4.88. The van der Waals surface area contributed by atoms with Crippen LogP contribution < -0.4 is 21.1 Å². The number of hydrogen-bond acceptors (Lipinski definition) is 0. The Kier molecular flexibility index (Phi) is 14.7. The van der Waals surface area contributed by atoms with Crippen LogP contribution in [0.25, 0.3) is 0 Å². The van der Waals surface area contributed by atoms with E-state index in [9.17, 15) is 0 Å². The molecule has 0 radical (unpaired) electrons. The summed E-state index contributed by atoms with van der Waals surface area (Å²) in [6.07, 6.45) is 0. The van der Waals surface area contributed by atoms with Gasteiger partial charge in [-0.1, -0.05) is 0 Å². The van der Waals surface area contributed by atoms with Crippen LogP contribution >= 0.6 is 18.8 Å². The van der Waals surface area contributed by atoms with Crippen LogP contribution in [-0.4, -0.2) is 40.4 Å². The van der Waals surface area contributed by atoms with Gasteiger partial charge >= 0.3 is 279 Å². The molecule has 0 saturated carbocycles.